The number of anilines is 2. The molecule has 2 aromatic heterocycles. The van der Waals surface area contributed by atoms with Crippen LogP contribution in [-0.2, 0) is 22.5 Å². The zero-order valence-corrected chi connectivity index (χ0v) is 21.8. The van der Waals surface area contributed by atoms with Gasteiger partial charge in [0.15, 0.2) is 23.5 Å². The van der Waals surface area contributed by atoms with E-state index in [9.17, 15) is 19.6 Å². The summed E-state index contributed by atoms with van der Waals surface area (Å²) < 4.78 is 16.4. The van der Waals surface area contributed by atoms with E-state index in [4.69, 9.17) is 14.2 Å². The van der Waals surface area contributed by atoms with Gasteiger partial charge in [0.2, 0.25) is 5.91 Å². The second-order valence-electron chi connectivity index (χ2n) is 9.12. The van der Waals surface area contributed by atoms with Crippen LogP contribution in [0.4, 0.5) is 16.4 Å². The maximum atomic E-state index is 13.4. The summed E-state index contributed by atoms with van der Waals surface area (Å²) in [4.78, 5) is 49.3. The van der Waals surface area contributed by atoms with Gasteiger partial charge >= 0.3 is 6.03 Å². The number of nitrogens with one attached hydrogen (secondary N) is 1. The molecule has 5 rings (SSSR count). The molecule has 12 heteroatoms. The molecule has 3 aromatic rings. The Morgan fingerprint density at radius 2 is 2.05 bits per heavy atom. The number of hydrogen-bond donors (Lipinski definition) is 1. The largest absolute Gasteiger partial charge is 0.493 e. The third kappa shape index (κ3) is 5.55. The summed E-state index contributed by atoms with van der Waals surface area (Å²) in [6.45, 7) is 1.50. The Kier molecular flexibility index (Phi) is 7.84. The summed E-state index contributed by atoms with van der Waals surface area (Å²) in [7, 11) is 1.51. The molecule has 1 N–H and O–H groups in total. The van der Waals surface area contributed by atoms with Crippen molar-refractivity contribution in [1.82, 2.24) is 14.9 Å². The Morgan fingerprint density at radius 1 is 1.23 bits per heavy atom. The number of fused-ring (bicyclic) bond motifs is 1. The summed E-state index contributed by atoms with van der Waals surface area (Å²) in [6.07, 6.45) is 3.30. The molecule has 4 heterocycles. The highest BCUT2D eigenvalue weighted by molar-refractivity contribution is 6.01. The number of pyridine rings is 2. The van der Waals surface area contributed by atoms with Crippen LogP contribution in [0.25, 0.3) is 0 Å². The lowest BCUT2D eigenvalue weighted by Gasteiger charge is -2.30. The van der Waals surface area contributed by atoms with Crippen molar-refractivity contribution in [2.45, 2.75) is 19.4 Å². The Morgan fingerprint density at radius 3 is 2.80 bits per heavy atom. The van der Waals surface area contributed by atoms with Gasteiger partial charge in [0.05, 0.1) is 19.9 Å². The minimum absolute atomic E-state index is 0.0117. The fourth-order valence-corrected chi connectivity index (χ4v) is 4.58. The number of hydrogen-bond acceptors (Lipinski definition) is 9. The standard InChI is InChI=1S/C28H26N6O6/c1-38-22-6-2-3-7-23(22)40-24-12-25(30-14-20(24)13-29)32-28(37)34-8-4-5-18-11-19(21(16-35)31-27(18)34)15-33-9-10-39-17-26(33)36/h2-3,6-7,11-12,14,16H,4-5,8-10,15,17H2,1H3,(H,30,32,37). The van der Waals surface area contributed by atoms with Crippen molar-refractivity contribution in [2.75, 3.05) is 43.6 Å². The SMILES string of the molecule is COc1ccccc1Oc1cc(NC(=O)N2CCCc3cc(CN4CCOCC4=O)c(C=O)nc32)ncc1C#N. The smallest absolute Gasteiger partial charge is 0.328 e. The quantitative estimate of drug-likeness (QED) is 0.444. The number of carbonyl (C=O) groups excluding carboxylic acids is 3. The van der Waals surface area contributed by atoms with Crippen molar-refractivity contribution < 1.29 is 28.6 Å². The molecular formula is C28H26N6O6. The maximum absolute atomic E-state index is 13.4. The van der Waals surface area contributed by atoms with Gasteiger partial charge in [0, 0.05) is 31.3 Å². The zero-order chi connectivity index (χ0) is 28.1. The molecule has 204 valence electrons. The molecule has 2 aliphatic rings. The van der Waals surface area contributed by atoms with Gasteiger partial charge in [-0.05, 0) is 36.6 Å². The fourth-order valence-electron chi connectivity index (χ4n) is 4.58. The molecule has 40 heavy (non-hydrogen) atoms. The molecule has 0 unspecified atom stereocenters. The first kappa shape index (κ1) is 26.6. The van der Waals surface area contributed by atoms with E-state index in [1.165, 1.54) is 24.3 Å². The summed E-state index contributed by atoms with van der Waals surface area (Å²) >= 11 is 0. The molecule has 0 atom stereocenters. The number of urea groups is 1. The van der Waals surface area contributed by atoms with Crippen LogP contribution >= 0.6 is 0 Å². The molecule has 0 bridgehead atoms. The van der Waals surface area contributed by atoms with Crippen molar-refractivity contribution in [3.63, 3.8) is 0 Å². The normalized spacial score (nSPS) is 14.7. The first-order valence-corrected chi connectivity index (χ1v) is 12.6. The van der Waals surface area contributed by atoms with Crippen LogP contribution in [0.2, 0.25) is 0 Å². The van der Waals surface area contributed by atoms with Crippen LogP contribution < -0.4 is 19.7 Å². The Hall–Kier alpha value is -5.02. The molecular weight excluding hydrogens is 516 g/mol. The van der Waals surface area contributed by atoms with E-state index in [0.29, 0.717) is 61.7 Å². The summed E-state index contributed by atoms with van der Waals surface area (Å²) in [5.74, 6) is 1.47. The fraction of sp³-hybridized carbons (Fsp3) is 0.286. The molecule has 0 aliphatic carbocycles. The number of aromatic nitrogens is 2. The molecule has 1 fully saturated rings. The number of para-hydroxylation sites is 2. The third-order valence-electron chi connectivity index (χ3n) is 6.59. The van der Waals surface area contributed by atoms with Gasteiger partial charge in [-0.25, -0.2) is 14.8 Å². The number of aldehydes is 1. The Labute approximate surface area is 230 Å². The molecule has 0 spiro atoms. The second-order valence-corrected chi connectivity index (χ2v) is 9.12. The molecule has 3 amide bonds. The molecule has 0 radical (unpaired) electrons. The maximum Gasteiger partial charge on any atom is 0.328 e. The van der Waals surface area contributed by atoms with Gasteiger partial charge in [-0.3, -0.25) is 19.8 Å². The lowest BCUT2D eigenvalue weighted by molar-refractivity contribution is -0.143. The van der Waals surface area contributed by atoms with E-state index < -0.39 is 6.03 Å². The van der Waals surface area contributed by atoms with Gasteiger partial charge in [0.25, 0.3) is 0 Å². The van der Waals surface area contributed by atoms with E-state index in [0.717, 1.165) is 5.56 Å². The average Bonchev–Trinajstić information content (AvgIpc) is 2.98. The summed E-state index contributed by atoms with van der Waals surface area (Å²) in [5, 5.41) is 12.3. The molecule has 2 aliphatic heterocycles. The van der Waals surface area contributed by atoms with Crippen molar-refractivity contribution in [3.8, 4) is 23.3 Å². The number of ether oxygens (including phenoxy) is 3. The van der Waals surface area contributed by atoms with Crippen LogP contribution in [0.5, 0.6) is 17.2 Å². The van der Waals surface area contributed by atoms with Gasteiger partial charge in [0.1, 0.15) is 35.6 Å². The predicted octanol–water partition coefficient (Wildman–Crippen LogP) is 3.31. The first-order valence-electron chi connectivity index (χ1n) is 12.6. The number of benzene rings is 1. The van der Waals surface area contributed by atoms with Gasteiger partial charge in [-0.2, -0.15) is 5.26 Å². The van der Waals surface area contributed by atoms with Crippen molar-refractivity contribution in [1.29, 1.82) is 5.26 Å². The van der Waals surface area contributed by atoms with Crippen LogP contribution in [0.15, 0.2) is 42.6 Å². The number of methoxy groups -OCH3 is 1. The van der Waals surface area contributed by atoms with E-state index >= 15 is 0 Å². The Balaban J connectivity index is 1.37. The van der Waals surface area contributed by atoms with E-state index in [1.807, 2.05) is 12.1 Å². The summed E-state index contributed by atoms with van der Waals surface area (Å²) in [5.41, 5.74) is 1.77. The lowest BCUT2D eigenvalue weighted by atomic mass is 10.0. The van der Waals surface area contributed by atoms with Crippen LogP contribution in [-0.4, -0.2) is 66.5 Å². The van der Waals surface area contributed by atoms with Crippen LogP contribution in [0.3, 0.4) is 0 Å². The highest BCUT2D eigenvalue weighted by Crippen LogP contribution is 2.34. The highest BCUT2D eigenvalue weighted by atomic mass is 16.5. The second kappa shape index (κ2) is 11.8. The minimum atomic E-state index is -0.498. The molecule has 1 aromatic carbocycles. The number of morpholine rings is 1. The van der Waals surface area contributed by atoms with Gasteiger partial charge in [-0.15, -0.1) is 0 Å². The molecule has 12 nitrogen and oxygen atoms in total. The number of aryl methyl sites for hydroxylation is 1. The number of carbonyl (C=O) groups is 3. The lowest BCUT2D eigenvalue weighted by Crippen LogP contribution is -2.42. The van der Waals surface area contributed by atoms with Gasteiger partial charge in [-0.1, -0.05) is 12.1 Å². The number of amides is 3. The number of nitrogens with zero attached hydrogens (tertiary/aromatic N) is 5. The van der Waals surface area contributed by atoms with Crippen molar-refractivity contribution in [3.05, 3.63) is 65.0 Å². The third-order valence-corrected chi connectivity index (χ3v) is 6.59. The first-order chi connectivity index (χ1) is 19.5. The summed E-state index contributed by atoms with van der Waals surface area (Å²) in [6, 6.07) is 11.8. The van der Waals surface area contributed by atoms with Crippen molar-refractivity contribution in [2.24, 2.45) is 0 Å². The Bertz CT molecular complexity index is 1500. The van der Waals surface area contributed by atoms with E-state index in [-0.39, 0.29) is 41.9 Å². The average molecular weight is 543 g/mol. The zero-order valence-electron chi connectivity index (χ0n) is 21.8. The van der Waals surface area contributed by atoms with Crippen LogP contribution in [0, 0.1) is 11.3 Å². The van der Waals surface area contributed by atoms with E-state index in [2.05, 4.69) is 15.3 Å². The predicted molar refractivity (Wildman–Crippen MR) is 143 cm³/mol. The number of nitriles is 1. The molecule has 1 saturated heterocycles. The minimum Gasteiger partial charge on any atom is -0.493 e. The molecule has 0 saturated carbocycles. The topological polar surface area (TPSA) is 147 Å². The monoisotopic (exact) mass is 542 g/mol. The van der Waals surface area contributed by atoms with E-state index in [1.54, 1.807) is 29.2 Å². The van der Waals surface area contributed by atoms with Crippen molar-refractivity contribution >= 4 is 29.9 Å². The highest BCUT2D eigenvalue weighted by Gasteiger charge is 2.28. The van der Waals surface area contributed by atoms with Crippen LogP contribution in [0.1, 0.15) is 33.6 Å². The van der Waals surface area contributed by atoms with Gasteiger partial charge < -0.3 is 19.1 Å². The number of rotatable bonds is 7.